The molecule has 28 heavy (non-hydrogen) atoms. The fourth-order valence-corrected chi connectivity index (χ4v) is 4.27. The van der Waals surface area contributed by atoms with E-state index >= 15 is 0 Å². The van der Waals surface area contributed by atoms with E-state index in [0.29, 0.717) is 13.1 Å². The molecule has 1 fully saturated rings. The number of piperidine rings is 1. The maximum Gasteiger partial charge on any atom is 0.321 e. The number of hydrogen-bond acceptors (Lipinski definition) is 4. The van der Waals surface area contributed by atoms with E-state index in [9.17, 15) is 4.79 Å². The smallest absolute Gasteiger partial charge is 0.321 e. The molecule has 2 aromatic carbocycles. The molecule has 2 aliphatic rings. The summed E-state index contributed by atoms with van der Waals surface area (Å²) in [6.45, 7) is 3.29. The van der Waals surface area contributed by atoms with Gasteiger partial charge in [0.25, 0.3) is 0 Å². The van der Waals surface area contributed by atoms with Crippen LogP contribution in [0.1, 0.15) is 24.0 Å². The predicted octanol–water partition coefficient (Wildman–Crippen LogP) is 4.58. The lowest BCUT2D eigenvalue weighted by Gasteiger charge is -2.35. The molecule has 1 N–H and O–H groups in total. The Labute approximate surface area is 170 Å². The third-order valence-electron chi connectivity index (χ3n) is 5.31. The Morgan fingerprint density at radius 1 is 1.04 bits per heavy atom. The van der Waals surface area contributed by atoms with Crippen molar-refractivity contribution in [3.63, 3.8) is 0 Å². The lowest BCUT2D eigenvalue weighted by Crippen LogP contribution is -2.46. The standard InChI is InChI=1S/C22H24N4OS/c1-16-8-6-7-11-18(16)23-21(27)26-14-12-22(13-15-26)24-19(20(25-22)28-2)17-9-4-3-5-10-17/h3-11H,12-15H2,1-2H3,(H,23,27). The molecule has 6 heteroatoms. The number of benzene rings is 2. The Hall–Kier alpha value is -2.60. The molecule has 0 bridgehead atoms. The Balaban J connectivity index is 1.46. The van der Waals surface area contributed by atoms with Crippen molar-refractivity contribution < 1.29 is 4.79 Å². The molecular weight excluding hydrogens is 368 g/mol. The summed E-state index contributed by atoms with van der Waals surface area (Å²) in [7, 11) is 0. The topological polar surface area (TPSA) is 57.1 Å². The highest BCUT2D eigenvalue weighted by Gasteiger charge is 2.40. The number of carbonyl (C=O) groups is 1. The highest BCUT2D eigenvalue weighted by Crippen LogP contribution is 2.35. The molecule has 1 saturated heterocycles. The third-order valence-corrected chi connectivity index (χ3v) is 5.98. The van der Waals surface area contributed by atoms with Gasteiger partial charge in [-0.3, -0.25) is 4.99 Å². The Kier molecular flexibility index (Phi) is 5.22. The maximum absolute atomic E-state index is 12.7. The number of amides is 2. The van der Waals surface area contributed by atoms with Crippen LogP contribution < -0.4 is 5.32 Å². The van der Waals surface area contributed by atoms with Crippen LogP contribution in [0.4, 0.5) is 10.5 Å². The van der Waals surface area contributed by atoms with Gasteiger partial charge in [-0.2, -0.15) is 0 Å². The second-order valence-corrected chi connectivity index (χ2v) is 7.96. The Bertz CT molecular complexity index is 931. The molecule has 2 amide bonds. The fraction of sp³-hybridized carbons (Fsp3) is 0.318. The highest BCUT2D eigenvalue weighted by molar-refractivity contribution is 8.15. The van der Waals surface area contributed by atoms with Gasteiger partial charge in [0.05, 0.1) is 5.71 Å². The van der Waals surface area contributed by atoms with Crippen molar-refractivity contribution in [1.82, 2.24) is 4.90 Å². The second-order valence-electron chi connectivity index (χ2n) is 7.16. The number of nitrogens with one attached hydrogen (secondary N) is 1. The number of nitrogens with zero attached hydrogens (tertiary/aromatic N) is 3. The van der Waals surface area contributed by atoms with Crippen molar-refractivity contribution in [2.75, 3.05) is 24.7 Å². The summed E-state index contributed by atoms with van der Waals surface area (Å²) >= 11 is 1.64. The molecule has 2 aliphatic heterocycles. The monoisotopic (exact) mass is 392 g/mol. The summed E-state index contributed by atoms with van der Waals surface area (Å²) < 4.78 is 0. The van der Waals surface area contributed by atoms with Gasteiger partial charge in [0.15, 0.2) is 5.66 Å². The second kappa shape index (κ2) is 7.80. The minimum absolute atomic E-state index is 0.0523. The number of thioether (sulfide) groups is 1. The SMILES string of the molecule is CSC1=NC2(CCN(C(=O)Nc3ccccc3C)CC2)N=C1c1ccccc1. The van der Waals surface area contributed by atoms with Crippen molar-refractivity contribution >= 4 is 34.2 Å². The number of anilines is 1. The lowest BCUT2D eigenvalue weighted by atomic mass is 9.98. The number of urea groups is 1. The van der Waals surface area contributed by atoms with Gasteiger partial charge in [-0.15, -0.1) is 11.8 Å². The highest BCUT2D eigenvalue weighted by atomic mass is 32.2. The van der Waals surface area contributed by atoms with Crippen LogP contribution >= 0.6 is 11.8 Å². The molecule has 4 rings (SSSR count). The van der Waals surface area contributed by atoms with E-state index in [1.807, 2.05) is 60.5 Å². The number of hydrogen-bond donors (Lipinski definition) is 1. The number of likely N-dealkylation sites (tertiary alicyclic amines) is 1. The van der Waals surface area contributed by atoms with Crippen LogP contribution in [0.3, 0.4) is 0 Å². The quantitative estimate of drug-likeness (QED) is 0.813. The van der Waals surface area contributed by atoms with Crippen molar-refractivity contribution in [3.8, 4) is 0 Å². The zero-order valence-corrected chi connectivity index (χ0v) is 17.0. The number of para-hydroxylation sites is 1. The van der Waals surface area contributed by atoms with Gasteiger partial charge in [-0.05, 0) is 24.8 Å². The van der Waals surface area contributed by atoms with E-state index in [2.05, 4.69) is 17.4 Å². The lowest BCUT2D eigenvalue weighted by molar-refractivity contribution is 0.175. The van der Waals surface area contributed by atoms with Gasteiger partial charge in [-0.25, -0.2) is 9.79 Å². The van der Waals surface area contributed by atoms with Gasteiger partial charge in [0.2, 0.25) is 0 Å². The van der Waals surface area contributed by atoms with Gasteiger partial charge in [-0.1, -0.05) is 48.5 Å². The molecule has 2 heterocycles. The minimum Gasteiger partial charge on any atom is -0.324 e. The minimum atomic E-state index is -0.428. The van der Waals surface area contributed by atoms with Gasteiger partial charge in [0, 0.05) is 37.2 Å². The van der Waals surface area contributed by atoms with Gasteiger partial charge < -0.3 is 10.2 Å². The summed E-state index contributed by atoms with van der Waals surface area (Å²) in [5, 5.41) is 4.01. The van der Waals surface area contributed by atoms with Crippen LogP contribution in [0.5, 0.6) is 0 Å². The first-order chi connectivity index (χ1) is 13.6. The molecule has 2 aromatic rings. The summed E-state index contributed by atoms with van der Waals surface area (Å²) in [5.74, 6) is 0. The number of rotatable bonds is 2. The summed E-state index contributed by atoms with van der Waals surface area (Å²) in [5.41, 5.74) is 3.58. The molecule has 0 saturated carbocycles. The molecular formula is C22H24N4OS. The zero-order valence-electron chi connectivity index (χ0n) is 16.2. The first kappa shape index (κ1) is 18.7. The van der Waals surface area contributed by atoms with Crippen LogP contribution in [0.2, 0.25) is 0 Å². The summed E-state index contributed by atoms with van der Waals surface area (Å²) in [6, 6.07) is 18.0. The average molecular weight is 393 g/mol. The average Bonchev–Trinajstić information content (AvgIpc) is 3.09. The van der Waals surface area contributed by atoms with Crippen LogP contribution in [0.25, 0.3) is 0 Å². The van der Waals surface area contributed by atoms with Crippen molar-refractivity contribution in [2.45, 2.75) is 25.4 Å². The van der Waals surface area contributed by atoms with E-state index < -0.39 is 5.66 Å². The third kappa shape index (κ3) is 3.69. The predicted molar refractivity (Wildman–Crippen MR) is 118 cm³/mol. The molecule has 0 atom stereocenters. The summed E-state index contributed by atoms with van der Waals surface area (Å²) in [4.78, 5) is 24.5. The Morgan fingerprint density at radius 2 is 1.71 bits per heavy atom. The molecule has 0 radical (unpaired) electrons. The molecule has 1 spiro atoms. The van der Waals surface area contributed by atoms with Crippen molar-refractivity contribution in [2.24, 2.45) is 9.98 Å². The number of aliphatic imine (C=N–C) groups is 2. The number of aryl methyl sites for hydroxylation is 1. The molecule has 0 unspecified atom stereocenters. The van der Waals surface area contributed by atoms with E-state index in [1.54, 1.807) is 11.8 Å². The number of carbonyl (C=O) groups excluding carboxylic acids is 1. The fourth-order valence-electron chi connectivity index (χ4n) is 3.65. The van der Waals surface area contributed by atoms with E-state index in [4.69, 9.17) is 9.98 Å². The maximum atomic E-state index is 12.7. The zero-order chi connectivity index (χ0) is 19.6. The van der Waals surface area contributed by atoms with Crippen LogP contribution in [-0.2, 0) is 0 Å². The summed E-state index contributed by atoms with van der Waals surface area (Å²) in [6.07, 6.45) is 3.53. The molecule has 0 aliphatic carbocycles. The Morgan fingerprint density at radius 3 is 2.39 bits per heavy atom. The van der Waals surface area contributed by atoms with Crippen LogP contribution in [0, 0.1) is 6.92 Å². The van der Waals surface area contributed by atoms with Crippen LogP contribution in [-0.4, -0.2) is 46.7 Å². The first-order valence-electron chi connectivity index (χ1n) is 9.51. The van der Waals surface area contributed by atoms with Crippen LogP contribution in [0.15, 0.2) is 64.6 Å². The van der Waals surface area contributed by atoms with Crippen molar-refractivity contribution in [3.05, 3.63) is 65.7 Å². The normalized spacial score (nSPS) is 18.0. The van der Waals surface area contributed by atoms with Gasteiger partial charge >= 0.3 is 6.03 Å². The van der Waals surface area contributed by atoms with Gasteiger partial charge in [0.1, 0.15) is 5.04 Å². The molecule has 0 aromatic heterocycles. The first-order valence-corrected chi connectivity index (χ1v) is 10.7. The molecule has 5 nitrogen and oxygen atoms in total. The van der Waals surface area contributed by atoms with Crippen molar-refractivity contribution in [1.29, 1.82) is 0 Å². The molecule has 144 valence electrons. The van der Waals surface area contributed by atoms with E-state index in [1.165, 1.54) is 0 Å². The van der Waals surface area contributed by atoms with E-state index in [-0.39, 0.29) is 6.03 Å². The van der Waals surface area contributed by atoms with E-state index in [0.717, 1.165) is 40.4 Å². The largest absolute Gasteiger partial charge is 0.324 e.